The van der Waals surface area contributed by atoms with Crippen LogP contribution in [0.1, 0.15) is 28.1 Å². The van der Waals surface area contributed by atoms with Gasteiger partial charge in [0.05, 0.1) is 11.9 Å². The molecule has 0 radical (unpaired) electrons. The Bertz CT molecular complexity index is 747. The third kappa shape index (κ3) is 14.7. The summed E-state index contributed by atoms with van der Waals surface area (Å²) in [6.07, 6.45) is 0. The van der Waals surface area contributed by atoms with Crippen LogP contribution < -0.4 is 29.6 Å². The minimum absolute atomic E-state index is 0. The molecule has 136 valence electrons. The maximum Gasteiger partial charge on any atom is 1.00 e. The number of nitrogens with zero attached hydrogens (tertiary/aromatic N) is 6. The van der Waals surface area contributed by atoms with Crippen molar-refractivity contribution in [3.63, 3.8) is 0 Å². The summed E-state index contributed by atoms with van der Waals surface area (Å²) in [4.78, 5) is 26.1. The molecule has 0 saturated carbocycles. The summed E-state index contributed by atoms with van der Waals surface area (Å²) < 4.78 is 0. The van der Waals surface area contributed by atoms with E-state index in [1.54, 1.807) is 24.3 Å². The second-order valence-corrected chi connectivity index (χ2v) is 4.75. The second-order valence-electron chi connectivity index (χ2n) is 4.19. The van der Waals surface area contributed by atoms with Crippen molar-refractivity contribution in [2.24, 2.45) is 5.11 Å². The summed E-state index contributed by atoms with van der Waals surface area (Å²) in [5.74, 6) is -0.0333. The number of benzene rings is 2. The van der Waals surface area contributed by atoms with Crippen molar-refractivity contribution < 1.29 is 39.1 Å². The number of carbonyl (C=O) groups excluding carboxylic acids is 2. The van der Waals surface area contributed by atoms with Crippen LogP contribution in [0, 0.1) is 0 Å². The first kappa shape index (κ1) is 29.6. The van der Waals surface area contributed by atoms with Crippen molar-refractivity contribution in [3.05, 3.63) is 98.2 Å². The first-order valence-corrected chi connectivity index (χ1v) is 7.94. The van der Waals surface area contributed by atoms with Gasteiger partial charge in [-0.3, -0.25) is 14.5 Å². The molecule has 0 aromatic heterocycles. The monoisotopic (exact) mass is 440 g/mol. The van der Waals surface area contributed by atoms with Gasteiger partial charge in [0.1, 0.15) is 0 Å². The van der Waals surface area contributed by atoms with Crippen LogP contribution >= 0.6 is 15.9 Å². The van der Waals surface area contributed by atoms with Gasteiger partial charge in [0.25, 0.3) is 0 Å². The maximum atomic E-state index is 11.1. The first-order valence-electron chi connectivity index (χ1n) is 6.82. The molecule has 0 amide bonds. The number of rotatable bonds is 5. The van der Waals surface area contributed by atoms with Crippen LogP contribution in [0.3, 0.4) is 0 Å². The Kier molecular flexibility index (Phi) is 22.2. The van der Waals surface area contributed by atoms with Gasteiger partial charge < -0.3 is 11.1 Å². The van der Waals surface area contributed by atoms with Gasteiger partial charge in [0.15, 0.2) is 11.6 Å². The van der Waals surface area contributed by atoms with Gasteiger partial charge in [0, 0.05) is 16.0 Å². The summed E-state index contributed by atoms with van der Waals surface area (Å²) in [6, 6.07) is 18.0. The maximum absolute atomic E-state index is 11.1. The minimum Gasteiger partial charge on any atom is -0.373 e. The summed E-state index contributed by atoms with van der Waals surface area (Å²) in [5.41, 5.74) is 22.8. The van der Waals surface area contributed by atoms with Gasteiger partial charge in [-0.25, -0.2) is 0 Å². The van der Waals surface area contributed by atoms with Gasteiger partial charge in [-0.15, -0.1) is 0 Å². The van der Waals surface area contributed by atoms with Gasteiger partial charge in [-0.2, -0.15) is 0 Å². The topological polar surface area (TPSA) is 142 Å². The number of hydrogen-bond acceptors (Lipinski definition) is 3. The molecule has 0 saturated heterocycles. The molecule has 0 aliphatic heterocycles. The molecule has 2 aromatic carbocycles. The molecular formula is C17H18BrN6NaO2. The average molecular weight is 441 g/mol. The molecule has 10 heteroatoms. The molecule has 0 fully saturated rings. The van der Waals surface area contributed by atoms with E-state index in [2.05, 4.69) is 26.0 Å². The van der Waals surface area contributed by atoms with E-state index in [0.717, 1.165) is 5.56 Å². The Hall–Kier alpha value is -2.12. The van der Waals surface area contributed by atoms with Crippen molar-refractivity contribution in [2.45, 2.75) is 7.43 Å². The number of ketones is 2. The summed E-state index contributed by atoms with van der Waals surface area (Å²) >= 11 is 3.10. The van der Waals surface area contributed by atoms with Crippen LogP contribution in [-0.4, -0.2) is 23.4 Å². The first-order chi connectivity index (χ1) is 12.1. The Morgan fingerprint density at radius 1 is 0.852 bits per heavy atom. The van der Waals surface area contributed by atoms with Crippen molar-refractivity contribution in [1.29, 1.82) is 0 Å². The van der Waals surface area contributed by atoms with E-state index in [9.17, 15) is 9.59 Å². The standard InChI is InChI=1S/C8H7BrO.C8H7N3O.CH4.N3.Na/c9-6-8(10)7-4-2-1-3-5-7;9-11-10-6-8(12)7-4-2-1-3-5-7;;1-3-2;/h1-5H,6H2;1-5H,6H2;1H4;;/q;;;-1;+1. The van der Waals surface area contributed by atoms with E-state index in [1.807, 2.05) is 36.4 Å². The molecule has 0 aliphatic rings. The molecule has 0 heterocycles. The quantitative estimate of drug-likeness (QED) is 0.176. The summed E-state index contributed by atoms with van der Waals surface area (Å²) in [5, 5.41) is 3.58. The average Bonchev–Trinajstić information content (AvgIpc) is 2.68. The van der Waals surface area contributed by atoms with E-state index < -0.39 is 0 Å². The number of hydrogen-bond donors (Lipinski definition) is 0. The van der Waals surface area contributed by atoms with Crippen molar-refractivity contribution in [2.75, 3.05) is 11.9 Å². The smallest absolute Gasteiger partial charge is 0.373 e. The summed E-state index contributed by atoms with van der Waals surface area (Å²) in [6.45, 7) is -0.111. The number of halogens is 1. The zero-order valence-electron chi connectivity index (χ0n) is 14.1. The number of azide groups is 1. The third-order valence-corrected chi connectivity index (χ3v) is 3.10. The van der Waals surface area contributed by atoms with Crippen molar-refractivity contribution in [1.82, 2.24) is 0 Å². The molecule has 0 spiro atoms. The number of alkyl halides is 1. The molecule has 0 unspecified atom stereocenters. The van der Waals surface area contributed by atoms with Crippen molar-refractivity contribution in [3.8, 4) is 0 Å². The molecule has 2 aromatic rings. The predicted octanol–water partition coefficient (Wildman–Crippen LogP) is 2.95. The normalized spacial score (nSPS) is 7.59. The Labute approximate surface area is 188 Å². The second kappa shape index (κ2) is 20.2. The largest absolute Gasteiger partial charge is 1.00 e. The van der Waals surface area contributed by atoms with Crippen LogP contribution in [0.5, 0.6) is 0 Å². The molecule has 8 nitrogen and oxygen atoms in total. The van der Waals surface area contributed by atoms with Gasteiger partial charge >= 0.3 is 29.6 Å². The Morgan fingerprint density at radius 3 is 1.56 bits per heavy atom. The van der Waals surface area contributed by atoms with Crippen molar-refractivity contribution >= 4 is 27.5 Å². The number of carbonyl (C=O) groups is 2. The molecule has 27 heavy (non-hydrogen) atoms. The van der Waals surface area contributed by atoms with E-state index in [1.165, 1.54) is 4.91 Å². The van der Waals surface area contributed by atoms with E-state index in [4.69, 9.17) is 16.6 Å². The zero-order valence-corrected chi connectivity index (χ0v) is 17.7. The van der Waals surface area contributed by atoms with E-state index in [-0.39, 0.29) is 55.1 Å². The van der Waals surface area contributed by atoms with Gasteiger partial charge in [-0.1, -0.05) is 89.1 Å². The fraction of sp³-hybridized carbons (Fsp3) is 0.176. The molecule has 2 rings (SSSR count). The molecular weight excluding hydrogens is 423 g/mol. The third-order valence-electron chi connectivity index (χ3n) is 2.59. The Balaban J connectivity index is -0.000000353. The number of Topliss-reactive ketones (excluding diaryl/α,β-unsaturated/α-hetero) is 2. The fourth-order valence-electron chi connectivity index (χ4n) is 1.51. The molecule has 0 atom stereocenters. The summed E-state index contributed by atoms with van der Waals surface area (Å²) in [7, 11) is 0. The molecule has 0 N–H and O–H groups in total. The molecule has 0 aliphatic carbocycles. The van der Waals surface area contributed by atoms with E-state index >= 15 is 0 Å². The Morgan fingerprint density at radius 2 is 1.22 bits per heavy atom. The van der Waals surface area contributed by atoms with Crippen LogP contribution in [0.15, 0.2) is 65.8 Å². The van der Waals surface area contributed by atoms with Gasteiger partial charge in [0.2, 0.25) is 0 Å². The zero-order chi connectivity index (χ0) is 18.9. The minimum atomic E-state index is -0.159. The predicted molar refractivity (Wildman–Crippen MR) is 106 cm³/mol. The van der Waals surface area contributed by atoms with Crippen LogP contribution in [0.4, 0.5) is 0 Å². The van der Waals surface area contributed by atoms with Crippen LogP contribution in [0.2, 0.25) is 0 Å². The SMILES string of the molecule is C.O=C(CBr)c1ccccc1.[N-]=[N+]=NCC(=O)c1ccccc1.[N-]=[N+]=[N-].[Na+]. The van der Waals surface area contributed by atoms with E-state index in [0.29, 0.717) is 10.9 Å². The van der Waals surface area contributed by atoms with Gasteiger partial charge in [-0.05, 0) is 5.53 Å². The molecule has 0 bridgehead atoms. The fourth-order valence-corrected chi connectivity index (χ4v) is 1.84. The van der Waals surface area contributed by atoms with Crippen LogP contribution in [-0.2, 0) is 0 Å². The van der Waals surface area contributed by atoms with Crippen LogP contribution in [0.25, 0.3) is 26.4 Å².